The Morgan fingerprint density at radius 2 is 0.545 bits per heavy atom. The van der Waals surface area contributed by atoms with Gasteiger partial charge in [0.25, 0.3) is 0 Å². The molecule has 6 nitrogen and oxygen atoms in total. The lowest BCUT2D eigenvalue weighted by atomic mass is 10.0. The molecule has 0 aromatic heterocycles. The summed E-state index contributed by atoms with van der Waals surface area (Å²) in [6.07, 6.45) is 66.2. The molecule has 0 bridgehead atoms. The normalized spacial score (nSPS) is 12.2. The van der Waals surface area contributed by atoms with Crippen molar-refractivity contribution in [2.24, 2.45) is 0 Å². The fourth-order valence-corrected chi connectivity index (χ4v) is 8.47. The molecule has 1 atom stereocenters. The maximum atomic E-state index is 12.7. The Morgan fingerprint density at radius 3 is 0.848 bits per heavy atom. The van der Waals surface area contributed by atoms with Gasteiger partial charge in [0, 0.05) is 19.3 Å². The van der Waals surface area contributed by atoms with E-state index in [2.05, 4.69) is 57.2 Å². The molecule has 0 saturated carbocycles. The van der Waals surface area contributed by atoms with Crippen molar-refractivity contribution in [3.63, 3.8) is 0 Å². The first-order chi connectivity index (χ1) is 32.5. The van der Waals surface area contributed by atoms with Gasteiger partial charge < -0.3 is 14.2 Å². The molecule has 0 saturated heterocycles. The second-order valence-corrected chi connectivity index (χ2v) is 19.6. The number of unbranched alkanes of at least 4 members (excludes halogenated alkanes) is 36. The first kappa shape index (κ1) is 63.6. The third-order valence-corrected chi connectivity index (χ3v) is 12.9. The van der Waals surface area contributed by atoms with Crippen LogP contribution in [-0.2, 0) is 28.6 Å². The molecule has 0 amide bonds. The molecule has 1 unspecified atom stereocenters. The number of carbonyl (C=O) groups excluding carboxylic acids is 3. The van der Waals surface area contributed by atoms with Gasteiger partial charge >= 0.3 is 17.9 Å². The van der Waals surface area contributed by atoms with Crippen LogP contribution in [0.5, 0.6) is 0 Å². The fraction of sp³-hybridized carbons (Fsp3) is 0.850. The molecule has 66 heavy (non-hydrogen) atoms. The Labute approximate surface area is 410 Å². The molecule has 0 heterocycles. The van der Waals surface area contributed by atoms with Gasteiger partial charge in [0.15, 0.2) is 6.10 Å². The Kier molecular flexibility index (Phi) is 53.2. The predicted molar refractivity (Wildman–Crippen MR) is 284 cm³/mol. The van der Waals surface area contributed by atoms with Crippen molar-refractivity contribution in [1.29, 1.82) is 0 Å². The van der Waals surface area contributed by atoms with Gasteiger partial charge in [0.1, 0.15) is 13.2 Å². The molecule has 0 radical (unpaired) electrons. The number of hydrogen-bond acceptors (Lipinski definition) is 6. The van der Waals surface area contributed by atoms with E-state index in [1.807, 2.05) is 0 Å². The van der Waals surface area contributed by atoms with E-state index in [-0.39, 0.29) is 31.1 Å². The molecule has 0 fully saturated rings. The minimum Gasteiger partial charge on any atom is -0.462 e. The van der Waals surface area contributed by atoms with E-state index in [4.69, 9.17) is 14.2 Å². The largest absolute Gasteiger partial charge is 0.462 e. The molecular weight excluding hydrogens is 817 g/mol. The Bertz CT molecular complexity index is 1110. The van der Waals surface area contributed by atoms with Crippen LogP contribution in [0.3, 0.4) is 0 Å². The summed E-state index contributed by atoms with van der Waals surface area (Å²) < 4.78 is 16.7. The van der Waals surface area contributed by atoms with E-state index in [0.29, 0.717) is 19.3 Å². The first-order valence-corrected chi connectivity index (χ1v) is 29.0. The number of esters is 3. The smallest absolute Gasteiger partial charge is 0.306 e. The molecule has 0 N–H and O–H groups in total. The predicted octanol–water partition coefficient (Wildman–Crippen LogP) is 19.3. The zero-order valence-electron chi connectivity index (χ0n) is 44.2. The topological polar surface area (TPSA) is 78.9 Å². The number of ether oxygens (including phenoxy) is 3. The summed E-state index contributed by atoms with van der Waals surface area (Å²) in [7, 11) is 0. The minimum absolute atomic E-state index is 0.0725. The SMILES string of the molecule is CCCCCCC/C=C\C/C=C\CCCCCCCCCCCCCCCCCCCC(=O)OCC(COC(=O)CCCCCCC)OC(=O)CCCCCCC/C=C\CCCCCCC. The lowest BCUT2D eigenvalue weighted by molar-refractivity contribution is -0.167. The molecule has 0 rings (SSSR count). The van der Waals surface area contributed by atoms with Crippen molar-refractivity contribution in [2.75, 3.05) is 13.2 Å². The van der Waals surface area contributed by atoms with Gasteiger partial charge in [-0.05, 0) is 77.0 Å². The van der Waals surface area contributed by atoms with E-state index in [0.717, 1.165) is 77.0 Å². The van der Waals surface area contributed by atoms with Crippen LogP contribution in [0.1, 0.15) is 310 Å². The molecular formula is C60H110O6. The summed E-state index contributed by atoms with van der Waals surface area (Å²) in [6.45, 7) is 6.56. The zero-order valence-corrected chi connectivity index (χ0v) is 44.2. The van der Waals surface area contributed by atoms with E-state index < -0.39 is 6.10 Å². The monoisotopic (exact) mass is 927 g/mol. The molecule has 0 aromatic carbocycles. The van der Waals surface area contributed by atoms with Gasteiger partial charge in [-0.2, -0.15) is 0 Å². The van der Waals surface area contributed by atoms with E-state index >= 15 is 0 Å². The molecule has 0 spiro atoms. The second kappa shape index (κ2) is 55.2. The molecule has 0 aliphatic carbocycles. The van der Waals surface area contributed by atoms with Crippen molar-refractivity contribution in [1.82, 2.24) is 0 Å². The van der Waals surface area contributed by atoms with E-state index in [1.54, 1.807) is 0 Å². The van der Waals surface area contributed by atoms with Crippen molar-refractivity contribution < 1.29 is 28.6 Å². The highest BCUT2D eigenvalue weighted by atomic mass is 16.6. The Hall–Kier alpha value is -2.37. The van der Waals surface area contributed by atoms with Crippen molar-refractivity contribution in [3.8, 4) is 0 Å². The first-order valence-electron chi connectivity index (χ1n) is 29.0. The van der Waals surface area contributed by atoms with E-state index in [9.17, 15) is 14.4 Å². The highest BCUT2D eigenvalue weighted by Gasteiger charge is 2.19. The third-order valence-electron chi connectivity index (χ3n) is 12.9. The van der Waals surface area contributed by atoms with Crippen LogP contribution in [0.15, 0.2) is 36.5 Å². The van der Waals surface area contributed by atoms with Crippen molar-refractivity contribution in [3.05, 3.63) is 36.5 Å². The van der Waals surface area contributed by atoms with Crippen LogP contribution in [0.4, 0.5) is 0 Å². The quantitative estimate of drug-likeness (QED) is 0.0262. The number of hydrogen-bond donors (Lipinski definition) is 0. The third kappa shape index (κ3) is 52.6. The summed E-state index contributed by atoms with van der Waals surface area (Å²) in [5.41, 5.74) is 0. The molecule has 6 heteroatoms. The van der Waals surface area contributed by atoms with Crippen molar-refractivity contribution in [2.45, 2.75) is 316 Å². The lowest BCUT2D eigenvalue weighted by Gasteiger charge is -2.18. The van der Waals surface area contributed by atoms with Gasteiger partial charge in [-0.25, -0.2) is 0 Å². The summed E-state index contributed by atoms with van der Waals surface area (Å²) in [4.78, 5) is 37.7. The number of allylic oxidation sites excluding steroid dienone is 6. The number of rotatable bonds is 53. The maximum Gasteiger partial charge on any atom is 0.306 e. The average molecular weight is 928 g/mol. The van der Waals surface area contributed by atoms with Crippen LogP contribution in [0.25, 0.3) is 0 Å². The standard InChI is InChI=1S/C60H110O6/c1-4-7-10-13-15-17-19-21-23-24-25-26-27-28-29-30-31-32-33-34-35-36-37-39-40-42-44-47-50-53-59(62)65-56-57(55-64-58(61)52-49-46-12-9-6-3)66-60(63)54-51-48-45-43-41-38-22-20-18-16-14-11-8-5-2/h19-22,24-25,57H,4-18,23,26-56H2,1-3H3/b21-19-,22-20-,25-24-. The molecule has 386 valence electrons. The fourth-order valence-electron chi connectivity index (χ4n) is 8.47. The summed E-state index contributed by atoms with van der Waals surface area (Å²) in [6, 6.07) is 0. The average Bonchev–Trinajstić information content (AvgIpc) is 3.31. The second-order valence-electron chi connectivity index (χ2n) is 19.6. The van der Waals surface area contributed by atoms with Crippen LogP contribution in [0.2, 0.25) is 0 Å². The molecule has 0 aliphatic rings. The maximum absolute atomic E-state index is 12.7. The van der Waals surface area contributed by atoms with Gasteiger partial charge in [-0.3, -0.25) is 14.4 Å². The van der Waals surface area contributed by atoms with Gasteiger partial charge in [0.2, 0.25) is 0 Å². The summed E-state index contributed by atoms with van der Waals surface area (Å²) in [5.74, 6) is -0.883. The lowest BCUT2D eigenvalue weighted by Crippen LogP contribution is -2.30. The summed E-state index contributed by atoms with van der Waals surface area (Å²) >= 11 is 0. The van der Waals surface area contributed by atoms with E-state index in [1.165, 1.54) is 193 Å². The zero-order chi connectivity index (χ0) is 47.9. The van der Waals surface area contributed by atoms with Gasteiger partial charge in [-0.1, -0.05) is 250 Å². The van der Waals surface area contributed by atoms with Gasteiger partial charge in [-0.15, -0.1) is 0 Å². The van der Waals surface area contributed by atoms with Crippen LogP contribution in [0, 0.1) is 0 Å². The minimum atomic E-state index is -0.769. The summed E-state index contributed by atoms with van der Waals surface area (Å²) in [5, 5.41) is 0. The Morgan fingerprint density at radius 1 is 0.303 bits per heavy atom. The van der Waals surface area contributed by atoms with Crippen molar-refractivity contribution >= 4 is 17.9 Å². The van der Waals surface area contributed by atoms with Gasteiger partial charge in [0.05, 0.1) is 0 Å². The van der Waals surface area contributed by atoms with Crippen LogP contribution >= 0.6 is 0 Å². The number of carbonyl (C=O) groups is 3. The van der Waals surface area contributed by atoms with Crippen LogP contribution < -0.4 is 0 Å². The highest BCUT2D eigenvalue weighted by molar-refractivity contribution is 5.71. The molecule has 0 aliphatic heterocycles. The highest BCUT2D eigenvalue weighted by Crippen LogP contribution is 2.16. The Balaban J connectivity index is 3.96. The molecule has 0 aromatic rings. The van der Waals surface area contributed by atoms with Crippen LogP contribution in [-0.4, -0.2) is 37.2 Å².